The first-order valence-electron chi connectivity index (χ1n) is 7.65. The summed E-state index contributed by atoms with van der Waals surface area (Å²) in [6.07, 6.45) is 4.37. The third-order valence-electron chi connectivity index (χ3n) is 3.69. The molecule has 22 heavy (non-hydrogen) atoms. The minimum Gasteiger partial charge on any atom is -0.479 e. The summed E-state index contributed by atoms with van der Waals surface area (Å²) in [5, 5.41) is 9.31. The summed E-state index contributed by atoms with van der Waals surface area (Å²) in [6, 6.07) is -1.11. The Hall–Kier alpha value is -1.69. The second-order valence-electron chi connectivity index (χ2n) is 5.89. The summed E-state index contributed by atoms with van der Waals surface area (Å²) in [7, 11) is 0. The fourth-order valence-electron chi connectivity index (χ4n) is 2.73. The van der Waals surface area contributed by atoms with E-state index in [4.69, 9.17) is 4.74 Å². The monoisotopic (exact) mass is 311 g/mol. The Labute approximate surface area is 131 Å². The Morgan fingerprint density at radius 1 is 1.27 bits per heavy atom. The van der Waals surface area contributed by atoms with Crippen LogP contribution in [0.15, 0.2) is 12.2 Å². The quantitative estimate of drug-likeness (QED) is 0.575. The highest BCUT2D eigenvalue weighted by Gasteiger charge is 2.54. The number of hydrogen-bond donors (Lipinski definition) is 1. The van der Waals surface area contributed by atoms with Gasteiger partial charge in [0.2, 0.25) is 5.91 Å². The van der Waals surface area contributed by atoms with Gasteiger partial charge in [0.1, 0.15) is 11.8 Å². The van der Waals surface area contributed by atoms with Crippen molar-refractivity contribution in [2.24, 2.45) is 0 Å². The van der Waals surface area contributed by atoms with Crippen molar-refractivity contribution in [2.75, 3.05) is 0 Å². The molecule has 1 aliphatic rings. The van der Waals surface area contributed by atoms with E-state index < -0.39 is 29.6 Å². The van der Waals surface area contributed by atoms with E-state index in [-0.39, 0.29) is 12.3 Å². The zero-order valence-corrected chi connectivity index (χ0v) is 13.7. The van der Waals surface area contributed by atoms with Gasteiger partial charge in [0.25, 0.3) is 0 Å². The topological polar surface area (TPSA) is 83.9 Å². The standard InChI is InChI=1S/C16H25NO5/c1-5-7-8-10-12(19)17-13(11(18)9-6-2)14(15(20)21)22-16(17,3)4/h6,9,13-14H,5,7-8,10H2,1-4H3,(H,20,21)/t13-,14-/m1/s1. The zero-order chi connectivity index (χ0) is 16.9. The van der Waals surface area contributed by atoms with E-state index in [1.807, 2.05) is 6.92 Å². The van der Waals surface area contributed by atoms with Crippen molar-refractivity contribution in [3.63, 3.8) is 0 Å². The number of hydrogen-bond acceptors (Lipinski definition) is 4. The molecule has 6 heteroatoms. The third kappa shape index (κ3) is 3.94. The number of ketones is 1. The van der Waals surface area contributed by atoms with Crippen LogP contribution in [-0.4, -0.2) is 45.5 Å². The molecule has 1 fully saturated rings. The molecule has 0 unspecified atom stereocenters. The van der Waals surface area contributed by atoms with Gasteiger partial charge in [0.15, 0.2) is 11.9 Å². The third-order valence-corrected chi connectivity index (χ3v) is 3.69. The lowest BCUT2D eigenvalue weighted by Crippen LogP contribution is -2.52. The molecule has 124 valence electrons. The SMILES string of the molecule is CC=CC(=O)[C@@H]1[C@H](C(=O)O)OC(C)(C)N1C(=O)CCCCC. The fourth-order valence-corrected chi connectivity index (χ4v) is 2.73. The molecule has 0 spiro atoms. The molecule has 1 saturated heterocycles. The van der Waals surface area contributed by atoms with Gasteiger partial charge >= 0.3 is 5.97 Å². The largest absolute Gasteiger partial charge is 0.479 e. The molecule has 0 aromatic carbocycles. The minimum atomic E-state index is -1.34. The van der Waals surface area contributed by atoms with Gasteiger partial charge in [-0.15, -0.1) is 0 Å². The fraction of sp³-hybridized carbons (Fsp3) is 0.688. The van der Waals surface area contributed by atoms with Gasteiger partial charge in [0, 0.05) is 6.42 Å². The van der Waals surface area contributed by atoms with Gasteiger partial charge in [-0.2, -0.15) is 0 Å². The number of aliphatic carboxylic acids is 1. The predicted molar refractivity (Wildman–Crippen MR) is 81.2 cm³/mol. The van der Waals surface area contributed by atoms with Crippen LogP contribution in [-0.2, 0) is 19.1 Å². The number of carboxylic acid groups (broad SMARTS) is 1. The maximum absolute atomic E-state index is 12.5. The highest BCUT2D eigenvalue weighted by Crippen LogP contribution is 2.34. The van der Waals surface area contributed by atoms with Crippen molar-refractivity contribution in [2.45, 2.75) is 71.2 Å². The molecule has 6 nitrogen and oxygen atoms in total. The molecular weight excluding hydrogens is 286 g/mol. The average molecular weight is 311 g/mol. The summed E-state index contributed by atoms with van der Waals surface area (Å²) in [5.74, 6) is -1.91. The zero-order valence-electron chi connectivity index (χ0n) is 13.7. The molecule has 0 radical (unpaired) electrons. The molecule has 1 heterocycles. The van der Waals surface area contributed by atoms with E-state index in [1.54, 1.807) is 20.8 Å². The van der Waals surface area contributed by atoms with Gasteiger partial charge < -0.3 is 14.7 Å². The molecule has 0 aliphatic carbocycles. The number of ether oxygens (including phenoxy) is 1. The van der Waals surface area contributed by atoms with E-state index in [0.29, 0.717) is 6.42 Å². The van der Waals surface area contributed by atoms with E-state index in [1.165, 1.54) is 17.1 Å². The highest BCUT2D eigenvalue weighted by atomic mass is 16.6. The van der Waals surface area contributed by atoms with Gasteiger partial charge in [0.05, 0.1) is 0 Å². The molecule has 1 N–H and O–H groups in total. The molecule has 1 aliphatic heterocycles. The first-order chi connectivity index (χ1) is 10.3. The lowest BCUT2D eigenvalue weighted by atomic mass is 10.0. The van der Waals surface area contributed by atoms with Crippen LogP contribution >= 0.6 is 0 Å². The van der Waals surface area contributed by atoms with Crippen molar-refractivity contribution in [3.05, 3.63) is 12.2 Å². The molecule has 1 rings (SSSR count). The summed E-state index contributed by atoms with van der Waals surface area (Å²) < 4.78 is 5.48. The van der Waals surface area contributed by atoms with Crippen LogP contribution in [0.4, 0.5) is 0 Å². The number of rotatable bonds is 7. The molecular formula is C16H25NO5. The average Bonchev–Trinajstić information content (AvgIpc) is 2.71. The smallest absolute Gasteiger partial charge is 0.335 e. The Morgan fingerprint density at radius 2 is 1.91 bits per heavy atom. The predicted octanol–water partition coefficient (Wildman–Crippen LogP) is 2.13. The van der Waals surface area contributed by atoms with Crippen LogP contribution < -0.4 is 0 Å². The van der Waals surface area contributed by atoms with Crippen molar-refractivity contribution in [1.82, 2.24) is 4.90 Å². The number of nitrogens with zero attached hydrogens (tertiary/aromatic N) is 1. The Kier molecular flexibility index (Phi) is 6.29. The number of carbonyl (C=O) groups excluding carboxylic acids is 2. The van der Waals surface area contributed by atoms with Crippen molar-refractivity contribution < 1.29 is 24.2 Å². The number of amides is 1. The normalized spacial score (nSPS) is 23.9. The number of unbranched alkanes of at least 4 members (excludes halogenated alkanes) is 2. The highest BCUT2D eigenvalue weighted by molar-refractivity contribution is 6.01. The summed E-state index contributed by atoms with van der Waals surface area (Å²) in [5.41, 5.74) is -1.12. The molecule has 1 amide bonds. The molecule has 2 atom stereocenters. The van der Waals surface area contributed by atoms with E-state index >= 15 is 0 Å². The molecule has 0 aromatic heterocycles. The molecule has 0 bridgehead atoms. The van der Waals surface area contributed by atoms with Crippen LogP contribution in [0.3, 0.4) is 0 Å². The van der Waals surface area contributed by atoms with Crippen LogP contribution in [0.25, 0.3) is 0 Å². The summed E-state index contributed by atoms with van der Waals surface area (Å²) in [6.45, 7) is 6.93. The van der Waals surface area contributed by atoms with Gasteiger partial charge in [-0.25, -0.2) is 4.79 Å². The van der Waals surface area contributed by atoms with Gasteiger partial charge in [-0.1, -0.05) is 25.8 Å². The maximum Gasteiger partial charge on any atom is 0.335 e. The lowest BCUT2D eigenvalue weighted by Gasteiger charge is -2.32. The van der Waals surface area contributed by atoms with Gasteiger partial charge in [-0.3, -0.25) is 9.59 Å². The first-order valence-corrected chi connectivity index (χ1v) is 7.65. The summed E-state index contributed by atoms with van der Waals surface area (Å²) in [4.78, 5) is 37.5. The number of carboxylic acids is 1. The molecule has 0 aromatic rings. The second kappa shape index (κ2) is 7.54. The summed E-state index contributed by atoms with van der Waals surface area (Å²) >= 11 is 0. The van der Waals surface area contributed by atoms with E-state index in [9.17, 15) is 19.5 Å². The van der Waals surface area contributed by atoms with E-state index in [2.05, 4.69) is 0 Å². The van der Waals surface area contributed by atoms with Crippen molar-refractivity contribution >= 4 is 17.7 Å². The van der Waals surface area contributed by atoms with Gasteiger partial charge in [-0.05, 0) is 33.3 Å². The van der Waals surface area contributed by atoms with Crippen LogP contribution in [0.1, 0.15) is 53.4 Å². The van der Waals surface area contributed by atoms with E-state index in [0.717, 1.165) is 12.8 Å². The molecule has 0 saturated carbocycles. The number of carbonyl (C=O) groups is 3. The lowest BCUT2D eigenvalue weighted by molar-refractivity contribution is -0.159. The van der Waals surface area contributed by atoms with Crippen LogP contribution in [0, 0.1) is 0 Å². The van der Waals surface area contributed by atoms with Crippen molar-refractivity contribution in [1.29, 1.82) is 0 Å². The Morgan fingerprint density at radius 3 is 2.41 bits per heavy atom. The second-order valence-corrected chi connectivity index (χ2v) is 5.89. The maximum atomic E-state index is 12.5. The first kappa shape index (κ1) is 18.4. The number of allylic oxidation sites excluding steroid dienone is 1. The Bertz CT molecular complexity index is 469. The Balaban J connectivity index is 3.08. The van der Waals surface area contributed by atoms with Crippen molar-refractivity contribution in [3.8, 4) is 0 Å². The van der Waals surface area contributed by atoms with Crippen LogP contribution in [0.2, 0.25) is 0 Å². The minimum absolute atomic E-state index is 0.245. The van der Waals surface area contributed by atoms with Crippen LogP contribution in [0.5, 0.6) is 0 Å².